The molecule has 2 N–H and O–H groups in total. The van der Waals surface area contributed by atoms with Gasteiger partial charge in [-0.2, -0.15) is 11.8 Å². The van der Waals surface area contributed by atoms with Crippen LogP contribution in [0.2, 0.25) is 0 Å². The van der Waals surface area contributed by atoms with Gasteiger partial charge in [0.05, 0.1) is 22.7 Å². The fourth-order valence-corrected chi connectivity index (χ4v) is 4.45. The van der Waals surface area contributed by atoms with Crippen molar-refractivity contribution in [1.82, 2.24) is 10.3 Å². The molecule has 1 atom stereocenters. The van der Waals surface area contributed by atoms with Gasteiger partial charge in [-0.1, -0.05) is 24.3 Å². The molecule has 0 bridgehead atoms. The molecule has 0 spiro atoms. The van der Waals surface area contributed by atoms with Gasteiger partial charge in [0.25, 0.3) is 0 Å². The normalized spacial score (nSPS) is 20.6. The van der Waals surface area contributed by atoms with Gasteiger partial charge in [-0.25, -0.2) is 4.98 Å². The number of amides is 1. The summed E-state index contributed by atoms with van der Waals surface area (Å²) in [5.74, 6) is 1.62. The standard InChI is InChI=1S/C17H20N2O2S2/c1-12-19-15(9-23-12)14-4-2-13(3-5-14)8-16(20)18-10-17(21)6-7-22-11-17/h2-5,9,21H,6-8,10-11H2,1H3,(H,18,20). The first kappa shape index (κ1) is 16.5. The van der Waals surface area contributed by atoms with Gasteiger partial charge in [-0.3, -0.25) is 4.79 Å². The Morgan fingerprint density at radius 3 is 2.78 bits per heavy atom. The van der Waals surface area contributed by atoms with E-state index in [4.69, 9.17) is 0 Å². The Balaban J connectivity index is 1.54. The number of nitrogens with zero attached hydrogens (tertiary/aromatic N) is 1. The molecule has 2 aromatic rings. The number of carbonyl (C=O) groups excluding carboxylic acids is 1. The first-order valence-electron chi connectivity index (χ1n) is 7.62. The van der Waals surface area contributed by atoms with Crippen LogP contribution in [0.5, 0.6) is 0 Å². The van der Waals surface area contributed by atoms with Crippen molar-refractivity contribution in [2.45, 2.75) is 25.4 Å². The molecular formula is C17H20N2O2S2. The molecule has 0 radical (unpaired) electrons. The molecule has 23 heavy (non-hydrogen) atoms. The number of thiazole rings is 1. The molecule has 1 fully saturated rings. The fourth-order valence-electron chi connectivity index (χ4n) is 2.54. The van der Waals surface area contributed by atoms with Crippen LogP contribution in [0.3, 0.4) is 0 Å². The minimum atomic E-state index is -0.730. The second kappa shape index (κ2) is 7.03. The van der Waals surface area contributed by atoms with Crippen LogP contribution in [0.4, 0.5) is 0 Å². The Morgan fingerprint density at radius 2 is 2.17 bits per heavy atom. The SMILES string of the molecule is Cc1nc(-c2ccc(CC(=O)NCC3(O)CCSC3)cc2)cs1. The average Bonchev–Trinajstić information content (AvgIpc) is 3.16. The largest absolute Gasteiger partial charge is 0.387 e. The van der Waals surface area contributed by atoms with Gasteiger partial charge in [-0.05, 0) is 24.7 Å². The van der Waals surface area contributed by atoms with E-state index in [1.165, 1.54) is 0 Å². The van der Waals surface area contributed by atoms with E-state index in [-0.39, 0.29) is 5.91 Å². The maximum atomic E-state index is 12.0. The van der Waals surface area contributed by atoms with Gasteiger partial charge in [0, 0.05) is 23.2 Å². The Bertz CT molecular complexity index is 676. The smallest absolute Gasteiger partial charge is 0.224 e. The highest BCUT2D eigenvalue weighted by Crippen LogP contribution is 2.27. The van der Waals surface area contributed by atoms with E-state index in [1.54, 1.807) is 23.1 Å². The van der Waals surface area contributed by atoms with E-state index in [1.807, 2.05) is 36.6 Å². The Labute approximate surface area is 144 Å². The third kappa shape index (κ3) is 4.34. The zero-order valence-corrected chi connectivity index (χ0v) is 14.7. The Hall–Kier alpha value is -1.37. The van der Waals surface area contributed by atoms with E-state index in [0.29, 0.717) is 18.7 Å². The lowest BCUT2D eigenvalue weighted by Gasteiger charge is -2.21. The maximum Gasteiger partial charge on any atom is 0.224 e. The highest BCUT2D eigenvalue weighted by molar-refractivity contribution is 7.99. The lowest BCUT2D eigenvalue weighted by atomic mass is 10.0. The monoisotopic (exact) mass is 348 g/mol. The number of carbonyl (C=O) groups is 1. The molecule has 1 aromatic heterocycles. The summed E-state index contributed by atoms with van der Waals surface area (Å²) in [7, 11) is 0. The minimum absolute atomic E-state index is 0.0485. The van der Waals surface area contributed by atoms with Crippen LogP contribution in [0, 0.1) is 6.92 Å². The third-order valence-corrected chi connectivity index (χ3v) is 5.94. The number of hydrogen-bond acceptors (Lipinski definition) is 5. The molecule has 0 aliphatic carbocycles. The highest BCUT2D eigenvalue weighted by Gasteiger charge is 2.31. The van der Waals surface area contributed by atoms with Crippen molar-refractivity contribution in [3.05, 3.63) is 40.2 Å². The number of nitrogens with one attached hydrogen (secondary N) is 1. The lowest BCUT2D eigenvalue weighted by Crippen LogP contribution is -2.43. The number of hydrogen-bond donors (Lipinski definition) is 2. The predicted octanol–water partition coefficient (Wildman–Crippen LogP) is 2.65. The maximum absolute atomic E-state index is 12.0. The zero-order valence-electron chi connectivity index (χ0n) is 13.0. The van der Waals surface area contributed by atoms with Crippen LogP contribution < -0.4 is 5.32 Å². The molecule has 122 valence electrons. The van der Waals surface area contributed by atoms with Crippen LogP contribution in [0.1, 0.15) is 17.0 Å². The fraction of sp³-hybridized carbons (Fsp3) is 0.412. The summed E-state index contributed by atoms with van der Waals surface area (Å²) in [6.07, 6.45) is 1.08. The highest BCUT2D eigenvalue weighted by atomic mass is 32.2. The molecule has 0 saturated carbocycles. The van der Waals surface area contributed by atoms with E-state index in [0.717, 1.165) is 34.0 Å². The number of aliphatic hydroxyl groups is 1. The summed E-state index contributed by atoms with van der Waals surface area (Å²) in [6.45, 7) is 2.33. The quantitative estimate of drug-likeness (QED) is 0.872. The average molecular weight is 348 g/mol. The Kier molecular flexibility index (Phi) is 5.04. The minimum Gasteiger partial charge on any atom is -0.387 e. The summed E-state index contributed by atoms with van der Waals surface area (Å²) in [6, 6.07) is 7.92. The van der Waals surface area contributed by atoms with Crippen molar-refractivity contribution in [2.24, 2.45) is 0 Å². The summed E-state index contributed by atoms with van der Waals surface area (Å²) >= 11 is 3.36. The molecule has 3 rings (SSSR count). The van der Waals surface area contributed by atoms with Crippen LogP contribution in [0.25, 0.3) is 11.3 Å². The van der Waals surface area contributed by atoms with Crippen molar-refractivity contribution < 1.29 is 9.90 Å². The van der Waals surface area contributed by atoms with Gasteiger partial charge in [-0.15, -0.1) is 11.3 Å². The molecule has 2 heterocycles. The third-order valence-electron chi connectivity index (χ3n) is 3.93. The second-order valence-corrected chi connectivity index (χ2v) is 8.10. The van der Waals surface area contributed by atoms with Crippen LogP contribution in [0.15, 0.2) is 29.6 Å². The van der Waals surface area contributed by atoms with Gasteiger partial charge in [0.2, 0.25) is 5.91 Å². The van der Waals surface area contributed by atoms with Crippen LogP contribution >= 0.6 is 23.1 Å². The molecule has 1 unspecified atom stereocenters. The molecule has 1 aromatic carbocycles. The zero-order chi connectivity index (χ0) is 16.3. The Morgan fingerprint density at radius 1 is 1.39 bits per heavy atom. The number of rotatable bonds is 5. The number of aryl methyl sites for hydroxylation is 1. The molecule has 4 nitrogen and oxygen atoms in total. The van der Waals surface area contributed by atoms with Crippen molar-refractivity contribution in [1.29, 1.82) is 0 Å². The first-order valence-corrected chi connectivity index (χ1v) is 9.66. The molecule has 6 heteroatoms. The van der Waals surface area contributed by atoms with E-state index in [2.05, 4.69) is 10.3 Å². The van der Waals surface area contributed by atoms with Crippen molar-refractivity contribution in [3.8, 4) is 11.3 Å². The van der Waals surface area contributed by atoms with Gasteiger partial charge < -0.3 is 10.4 Å². The second-order valence-electron chi connectivity index (χ2n) is 5.93. The molecule has 1 saturated heterocycles. The van der Waals surface area contributed by atoms with Crippen LogP contribution in [-0.4, -0.2) is 39.6 Å². The molecule has 1 aliphatic rings. The predicted molar refractivity (Wildman–Crippen MR) is 95.9 cm³/mol. The van der Waals surface area contributed by atoms with E-state index < -0.39 is 5.60 Å². The topological polar surface area (TPSA) is 62.2 Å². The summed E-state index contributed by atoms with van der Waals surface area (Å²) in [5, 5.41) is 16.2. The lowest BCUT2D eigenvalue weighted by molar-refractivity contribution is -0.121. The number of benzene rings is 1. The van der Waals surface area contributed by atoms with Crippen molar-refractivity contribution in [3.63, 3.8) is 0 Å². The van der Waals surface area contributed by atoms with E-state index >= 15 is 0 Å². The van der Waals surface area contributed by atoms with Crippen molar-refractivity contribution in [2.75, 3.05) is 18.1 Å². The van der Waals surface area contributed by atoms with Crippen molar-refractivity contribution >= 4 is 29.0 Å². The summed E-state index contributed by atoms with van der Waals surface area (Å²) in [4.78, 5) is 16.5. The van der Waals surface area contributed by atoms with E-state index in [9.17, 15) is 9.90 Å². The first-order chi connectivity index (χ1) is 11.0. The van der Waals surface area contributed by atoms with Gasteiger partial charge in [0.1, 0.15) is 0 Å². The van der Waals surface area contributed by atoms with Crippen LogP contribution in [-0.2, 0) is 11.2 Å². The summed E-state index contributed by atoms with van der Waals surface area (Å²) < 4.78 is 0. The van der Waals surface area contributed by atoms with Gasteiger partial charge in [0.15, 0.2) is 0 Å². The molecule has 1 amide bonds. The number of aromatic nitrogens is 1. The summed E-state index contributed by atoms with van der Waals surface area (Å²) in [5.41, 5.74) is 2.28. The molecular weight excluding hydrogens is 328 g/mol. The molecule has 1 aliphatic heterocycles. The van der Waals surface area contributed by atoms with Gasteiger partial charge >= 0.3 is 0 Å². The number of thioether (sulfide) groups is 1.